The summed E-state index contributed by atoms with van der Waals surface area (Å²) in [6, 6.07) is 14.1. The lowest BCUT2D eigenvalue weighted by Gasteiger charge is -2.18. The molecule has 0 bridgehead atoms. The topological polar surface area (TPSA) is 112 Å². The van der Waals surface area contributed by atoms with Crippen molar-refractivity contribution in [3.8, 4) is 0 Å². The van der Waals surface area contributed by atoms with Gasteiger partial charge in [0.2, 0.25) is 0 Å². The van der Waals surface area contributed by atoms with Crippen LogP contribution in [0.25, 0.3) is 10.2 Å². The molecule has 0 saturated carbocycles. The second kappa shape index (κ2) is 8.13. The minimum absolute atomic E-state index is 0.119. The van der Waals surface area contributed by atoms with E-state index in [1.807, 2.05) is 30.3 Å². The summed E-state index contributed by atoms with van der Waals surface area (Å²) in [6.45, 7) is -0.0510. The van der Waals surface area contributed by atoms with Gasteiger partial charge in [-0.3, -0.25) is 4.79 Å². The van der Waals surface area contributed by atoms with Gasteiger partial charge in [0.05, 0.1) is 10.2 Å². The van der Waals surface area contributed by atoms with Crippen molar-refractivity contribution in [1.82, 2.24) is 10.3 Å². The van der Waals surface area contributed by atoms with Crippen molar-refractivity contribution in [2.24, 2.45) is 0 Å². The molecular formula is C18H18N2O5S. The lowest BCUT2D eigenvalue weighted by atomic mass is 10.0. The molecule has 3 rings (SSSR count). The van der Waals surface area contributed by atoms with Crippen molar-refractivity contribution in [2.45, 2.75) is 18.8 Å². The van der Waals surface area contributed by atoms with Crippen LogP contribution in [0.3, 0.4) is 0 Å². The quantitative estimate of drug-likeness (QED) is 0.527. The highest BCUT2D eigenvalue weighted by Gasteiger charge is 2.20. The van der Waals surface area contributed by atoms with E-state index in [-0.39, 0.29) is 18.0 Å². The first kappa shape index (κ1) is 18.1. The van der Waals surface area contributed by atoms with E-state index in [0.717, 1.165) is 16.9 Å². The Morgan fingerprint density at radius 2 is 1.96 bits per heavy atom. The first-order valence-corrected chi connectivity index (χ1v) is 8.78. The Morgan fingerprint density at radius 1 is 1.19 bits per heavy atom. The van der Waals surface area contributed by atoms with Gasteiger partial charge in [-0.05, 0) is 23.3 Å². The second-order valence-electron chi connectivity index (χ2n) is 5.72. The molecule has 136 valence electrons. The number of ether oxygens (including phenoxy) is 1. The number of amides is 1. The maximum atomic E-state index is 11.7. The third-order valence-corrected chi connectivity index (χ3v) is 4.66. The van der Waals surface area contributed by atoms with Gasteiger partial charge < -0.3 is 25.3 Å². The molecule has 2 aromatic carbocycles. The number of benzene rings is 2. The van der Waals surface area contributed by atoms with Crippen molar-refractivity contribution in [2.75, 3.05) is 6.54 Å². The van der Waals surface area contributed by atoms with Crippen LogP contribution in [-0.4, -0.2) is 33.9 Å². The molecule has 8 heteroatoms. The molecule has 4 N–H and O–H groups in total. The Morgan fingerprint density at radius 3 is 2.73 bits per heavy atom. The molecule has 26 heavy (non-hydrogen) atoms. The number of carbonyl (C=O) groups is 1. The highest BCUT2D eigenvalue weighted by molar-refractivity contribution is 7.16. The number of hydrogen-bond acceptors (Lipinski definition) is 6. The van der Waals surface area contributed by atoms with Crippen molar-refractivity contribution in [3.05, 3.63) is 69.3 Å². The fourth-order valence-electron chi connectivity index (χ4n) is 2.44. The number of H-pyrrole nitrogens is 1. The van der Waals surface area contributed by atoms with E-state index in [2.05, 4.69) is 10.3 Å². The molecule has 2 unspecified atom stereocenters. The van der Waals surface area contributed by atoms with Gasteiger partial charge in [0.15, 0.2) is 0 Å². The summed E-state index contributed by atoms with van der Waals surface area (Å²) in [6.07, 6.45) is -3.10. The highest BCUT2D eigenvalue weighted by Crippen LogP contribution is 2.23. The molecule has 1 aromatic heterocycles. The minimum atomic E-state index is -1.22. The number of aromatic nitrogens is 1. The van der Waals surface area contributed by atoms with Crippen molar-refractivity contribution in [3.63, 3.8) is 0 Å². The molecule has 0 radical (unpaired) electrons. The van der Waals surface area contributed by atoms with Gasteiger partial charge in [0.1, 0.15) is 18.8 Å². The van der Waals surface area contributed by atoms with Crippen LogP contribution in [0.5, 0.6) is 0 Å². The third kappa shape index (κ3) is 4.48. The predicted molar refractivity (Wildman–Crippen MR) is 98.0 cm³/mol. The third-order valence-electron chi connectivity index (χ3n) is 3.82. The zero-order chi connectivity index (χ0) is 18.5. The number of carbonyl (C=O) groups excluding carboxylic acids is 1. The number of aliphatic hydroxyl groups excluding tert-OH is 2. The van der Waals surface area contributed by atoms with Gasteiger partial charge >= 0.3 is 11.0 Å². The first-order valence-electron chi connectivity index (χ1n) is 7.96. The smallest absolute Gasteiger partial charge is 0.407 e. The van der Waals surface area contributed by atoms with Crippen molar-refractivity contribution < 1.29 is 19.7 Å². The van der Waals surface area contributed by atoms with E-state index in [1.165, 1.54) is 0 Å². The van der Waals surface area contributed by atoms with Gasteiger partial charge in [0.25, 0.3) is 0 Å². The van der Waals surface area contributed by atoms with Gasteiger partial charge in [-0.25, -0.2) is 4.79 Å². The first-order chi connectivity index (χ1) is 12.5. The van der Waals surface area contributed by atoms with Crippen LogP contribution in [0, 0.1) is 0 Å². The van der Waals surface area contributed by atoms with Crippen molar-refractivity contribution in [1.29, 1.82) is 0 Å². The molecule has 0 aliphatic heterocycles. The van der Waals surface area contributed by atoms with Gasteiger partial charge in [-0.15, -0.1) is 0 Å². The van der Waals surface area contributed by atoms with Gasteiger partial charge in [0, 0.05) is 6.54 Å². The van der Waals surface area contributed by atoms with Gasteiger partial charge in [-0.1, -0.05) is 47.7 Å². The van der Waals surface area contributed by atoms with Crippen LogP contribution in [-0.2, 0) is 11.3 Å². The summed E-state index contributed by atoms with van der Waals surface area (Å²) in [5.74, 6) is 0. The molecule has 1 heterocycles. The van der Waals surface area contributed by atoms with Crippen molar-refractivity contribution >= 4 is 27.6 Å². The van der Waals surface area contributed by atoms with Crippen LogP contribution in [0.2, 0.25) is 0 Å². The summed E-state index contributed by atoms with van der Waals surface area (Å²) < 4.78 is 5.73. The molecule has 0 fully saturated rings. The molecule has 3 aromatic rings. The Hall–Kier alpha value is -2.68. The predicted octanol–water partition coefficient (Wildman–Crippen LogP) is 1.91. The number of fused-ring (bicyclic) bond motifs is 1. The zero-order valence-electron chi connectivity index (χ0n) is 13.7. The summed E-state index contributed by atoms with van der Waals surface area (Å²) in [5.41, 5.74) is 1.98. The van der Waals surface area contributed by atoms with Crippen LogP contribution in [0.1, 0.15) is 17.2 Å². The van der Waals surface area contributed by atoms with Crippen LogP contribution in [0.4, 0.5) is 4.79 Å². The van der Waals surface area contributed by atoms with Crippen LogP contribution < -0.4 is 10.2 Å². The SMILES string of the molecule is O=C(NCC(O)C(O)c1ccc2[nH]c(=O)sc2c1)OCc1ccccc1. The molecule has 0 aliphatic rings. The molecule has 0 spiro atoms. The molecule has 0 saturated heterocycles. The van der Waals surface area contributed by atoms with Crippen LogP contribution >= 0.6 is 11.3 Å². The summed E-state index contributed by atoms with van der Waals surface area (Å²) in [7, 11) is 0. The Balaban J connectivity index is 1.52. The number of alkyl carbamates (subject to hydrolysis) is 1. The number of hydrogen-bond donors (Lipinski definition) is 4. The monoisotopic (exact) mass is 374 g/mol. The Bertz CT molecular complexity index is 937. The Labute approximate surface area is 152 Å². The molecule has 7 nitrogen and oxygen atoms in total. The number of nitrogens with one attached hydrogen (secondary N) is 2. The largest absolute Gasteiger partial charge is 0.445 e. The van der Waals surface area contributed by atoms with E-state index in [9.17, 15) is 19.8 Å². The fourth-order valence-corrected chi connectivity index (χ4v) is 3.23. The lowest BCUT2D eigenvalue weighted by molar-refractivity contribution is 0.0185. The normalized spacial score (nSPS) is 13.3. The van der Waals surface area contributed by atoms with E-state index in [0.29, 0.717) is 15.8 Å². The van der Waals surface area contributed by atoms with Crippen LogP contribution in [0.15, 0.2) is 53.3 Å². The number of rotatable bonds is 6. The minimum Gasteiger partial charge on any atom is -0.445 e. The fraction of sp³-hybridized carbons (Fsp3) is 0.222. The summed E-state index contributed by atoms with van der Waals surface area (Å²) in [4.78, 5) is 25.5. The average Bonchev–Trinajstić information content (AvgIpc) is 3.03. The standard InChI is InChI=1S/C18H18N2O5S/c21-14(9-19-17(23)25-10-11-4-2-1-3-5-11)16(22)12-6-7-13-15(8-12)26-18(24)20-13/h1-8,14,16,21-22H,9-10H2,(H,19,23)(H,20,24). The molecule has 1 amide bonds. The Kier molecular flexibility index (Phi) is 5.67. The highest BCUT2D eigenvalue weighted by atomic mass is 32.1. The zero-order valence-corrected chi connectivity index (χ0v) is 14.5. The molecule has 0 aliphatic carbocycles. The number of aromatic amines is 1. The molecule has 2 atom stereocenters. The maximum Gasteiger partial charge on any atom is 0.407 e. The summed E-state index contributed by atoms with van der Waals surface area (Å²) in [5, 5.41) is 22.8. The van der Waals surface area contributed by atoms with E-state index in [1.54, 1.807) is 18.2 Å². The second-order valence-corrected chi connectivity index (χ2v) is 6.74. The van der Waals surface area contributed by atoms with E-state index >= 15 is 0 Å². The van der Waals surface area contributed by atoms with E-state index in [4.69, 9.17) is 4.74 Å². The number of aliphatic hydroxyl groups is 2. The molecular weight excluding hydrogens is 356 g/mol. The maximum absolute atomic E-state index is 11.7. The van der Waals surface area contributed by atoms with Gasteiger partial charge in [-0.2, -0.15) is 0 Å². The van der Waals surface area contributed by atoms with E-state index < -0.39 is 18.3 Å². The number of thiazole rings is 1. The average molecular weight is 374 g/mol. The summed E-state index contributed by atoms with van der Waals surface area (Å²) >= 11 is 1.02. The lowest BCUT2D eigenvalue weighted by Crippen LogP contribution is -2.35.